The van der Waals surface area contributed by atoms with E-state index in [9.17, 15) is 18.4 Å². The van der Waals surface area contributed by atoms with Gasteiger partial charge in [0.15, 0.2) is 17.4 Å². The van der Waals surface area contributed by atoms with Crippen LogP contribution in [0.25, 0.3) is 0 Å². The summed E-state index contributed by atoms with van der Waals surface area (Å²) in [6.07, 6.45) is 0.722. The number of methoxy groups -OCH3 is 1. The highest BCUT2D eigenvalue weighted by Crippen LogP contribution is 2.24. The number of hydrogen-bond acceptors (Lipinski definition) is 3. The van der Waals surface area contributed by atoms with Crippen LogP contribution in [0.5, 0.6) is 5.75 Å². The van der Waals surface area contributed by atoms with E-state index in [4.69, 9.17) is 4.74 Å². The Morgan fingerprint density at radius 2 is 2.05 bits per heavy atom. The van der Waals surface area contributed by atoms with Gasteiger partial charge in [0.2, 0.25) is 0 Å². The zero-order valence-corrected chi connectivity index (χ0v) is 11.9. The van der Waals surface area contributed by atoms with Gasteiger partial charge in [0, 0.05) is 18.8 Å². The molecule has 1 aromatic carbocycles. The van der Waals surface area contributed by atoms with Crippen molar-refractivity contribution in [3.8, 4) is 5.75 Å². The topological polar surface area (TPSA) is 61.9 Å². The molecular formula is C14H13F2N3O3. The lowest BCUT2D eigenvalue weighted by Gasteiger charge is -2.29. The van der Waals surface area contributed by atoms with E-state index in [1.54, 1.807) is 0 Å². The number of amides is 4. The predicted octanol–water partition coefficient (Wildman–Crippen LogP) is 3.06. The van der Waals surface area contributed by atoms with Crippen molar-refractivity contribution in [3.05, 3.63) is 48.3 Å². The van der Waals surface area contributed by atoms with Gasteiger partial charge < -0.3 is 10.1 Å². The summed E-state index contributed by atoms with van der Waals surface area (Å²) in [5.41, 5.74) is -0.0542. The van der Waals surface area contributed by atoms with Crippen LogP contribution >= 0.6 is 0 Å². The molecular weight excluding hydrogens is 296 g/mol. The third-order valence-corrected chi connectivity index (χ3v) is 3.04. The van der Waals surface area contributed by atoms with Gasteiger partial charge in [-0.25, -0.2) is 23.3 Å². The van der Waals surface area contributed by atoms with Crippen molar-refractivity contribution in [2.75, 3.05) is 19.5 Å². The lowest BCUT2D eigenvalue weighted by Crippen LogP contribution is -2.46. The minimum atomic E-state index is -0.927. The van der Waals surface area contributed by atoms with Crippen LogP contribution in [0.3, 0.4) is 0 Å². The number of halogens is 2. The lowest BCUT2D eigenvalue weighted by molar-refractivity contribution is 0.183. The number of carbonyl (C=O) groups is 2. The Morgan fingerprint density at radius 1 is 1.36 bits per heavy atom. The van der Waals surface area contributed by atoms with Gasteiger partial charge in [-0.1, -0.05) is 6.58 Å². The lowest BCUT2D eigenvalue weighted by atomic mass is 10.3. The number of nitrogens with one attached hydrogen (secondary N) is 1. The summed E-state index contributed by atoms with van der Waals surface area (Å²) in [5.74, 6) is -1.50. The number of imide groups is 1. The number of urea groups is 2. The van der Waals surface area contributed by atoms with Crippen molar-refractivity contribution in [2.24, 2.45) is 0 Å². The largest absolute Gasteiger partial charge is 0.494 e. The summed E-state index contributed by atoms with van der Waals surface area (Å²) in [4.78, 5) is 25.3. The average Bonchev–Trinajstić information content (AvgIpc) is 2.49. The standard InChI is InChI=1S/C14H13F2N3O3/c1-8-11(16)7-19(14(21)18(8)2)13(20)17-9-4-5-12(22-3)10(15)6-9/h4-7H,1H2,2-3H3,(H,17,20). The Kier molecular flexibility index (Phi) is 4.11. The van der Waals surface area contributed by atoms with Gasteiger partial charge in [-0.05, 0) is 12.1 Å². The maximum atomic E-state index is 13.6. The molecule has 0 atom stereocenters. The first-order valence-corrected chi connectivity index (χ1v) is 6.13. The molecule has 0 radical (unpaired) electrons. The predicted molar refractivity (Wildman–Crippen MR) is 75.3 cm³/mol. The molecule has 0 saturated heterocycles. The molecule has 22 heavy (non-hydrogen) atoms. The molecule has 1 N–H and O–H groups in total. The van der Waals surface area contributed by atoms with Crippen LogP contribution in [0.2, 0.25) is 0 Å². The molecule has 0 fully saturated rings. The Balaban J connectivity index is 2.20. The second-order valence-corrected chi connectivity index (χ2v) is 4.41. The van der Waals surface area contributed by atoms with Crippen molar-refractivity contribution in [1.29, 1.82) is 0 Å². The van der Waals surface area contributed by atoms with Gasteiger partial charge in [0.05, 0.1) is 19.0 Å². The van der Waals surface area contributed by atoms with Crippen molar-refractivity contribution in [2.45, 2.75) is 0 Å². The number of allylic oxidation sites excluding steroid dienone is 1. The van der Waals surface area contributed by atoms with Gasteiger partial charge in [-0.3, -0.25) is 4.90 Å². The summed E-state index contributed by atoms with van der Waals surface area (Å²) >= 11 is 0. The SMILES string of the molecule is C=C1C(F)=CN(C(=O)Nc2ccc(OC)c(F)c2)C(=O)N1C. The number of carbonyl (C=O) groups excluding carboxylic acids is 2. The quantitative estimate of drug-likeness (QED) is 0.913. The number of rotatable bonds is 2. The van der Waals surface area contributed by atoms with Crippen molar-refractivity contribution < 1.29 is 23.1 Å². The summed E-state index contributed by atoms with van der Waals surface area (Å²) in [6.45, 7) is 3.38. The monoisotopic (exact) mass is 309 g/mol. The number of likely N-dealkylation sites (N-methyl/N-ethyl adjacent to an activating group) is 1. The van der Waals surface area contributed by atoms with E-state index >= 15 is 0 Å². The molecule has 1 aliphatic rings. The Labute approximate surface area is 125 Å². The zero-order chi connectivity index (χ0) is 16.4. The van der Waals surface area contributed by atoms with Crippen molar-refractivity contribution in [3.63, 3.8) is 0 Å². The van der Waals surface area contributed by atoms with Crippen LogP contribution in [0, 0.1) is 5.82 Å². The van der Waals surface area contributed by atoms with Crippen LogP contribution in [0.4, 0.5) is 24.1 Å². The molecule has 1 aromatic rings. The van der Waals surface area contributed by atoms with E-state index in [1.807, 2.05) is 0 Å². The maximum Gasteiger partial charge on any atom is 0.336 e. The second-order valence-electron chi connectivity index (χ2n) is 4.41. The Morgan fingerprint density at radius 3 is 2.64 bits per heavy atom. The molecule has 116 valence electrons. The number of nitrogens with zero attached hydrogens (tertiary/aromatic N) is 2. The minimum Gasteiger partial charge on any atom is -0.494 e. The average molecular weight is 309 g/mol. The molecule has 0 aliphatic carbocycles. The van der Waals surface area contributed by atoms with Crippen LogP contribution in [-0.2, 0) is 0 Å². The number of ether oxygens (including phenoxy) is 1. The van der Waals surface area contributed by atoms with E-state index in [2.05, 4.69) is 11.9 Å². The summed E-state index contributed by atoms with van der Waals surface area (Å²) < 4.78 is 31.9. The molecule has 0 saturated carbocycles. The van der Waals surface area contributed by atoms with E-state index in [0.717, 1.165) is 17.2 Å². The molecule has 1 aliphatic heterocycles. The highest BCUT2D eigenvalue weighted by Gasteiger charge is 2.31. The van der Waals surface area contributed by atoms with Gasteiger partial charge in [0.25, 0.3) is 0 Å². The maximum absolute atomic E-state index is 13.6. The highest BCUT2D eigenvalue weighted by molar-refractivity contribution is 6.02. The molecule has 8 heteroatoms. The first-order chi connectivity index (χ1) is 10.3. The fourth-order valence-electron chi connectivity index (χ4n) is 1.75. The van der Waals surface area contributed by atoms with Crippen LogP contribution in [-0.4, -0.2) is 36.0 Å². The molecule has 6 nitrogen and oxygen atoms in total. The van der Waals surface area contributed by atoms with E-state index in [1.165, 1.54) is 26.3 Å². The van der Waals surface area contributed by atoms with Gasteiger partial charge >= 0.3 is 12.1 Å². The van der Waals surface area contributed by atoms with Crippen molar-refractivity contribution in [1.82, 2.24) is 9.80 Å². The molecule has 0 unspecified atom stereocenters. The smallest absolute Gasteiger partial charge is 0.336 e. The second kappa shape index (κ2) is 5.84. The number of anilines is 1. The summed E-state index contributed by atoms with van der Waals surface area (Å²) in [7, 11) is 2.59. The fourth-order valence-corrected chi connectivity index (χ4v) is 1.75. The molecule has 0 bridgehead atoms. The van der Waals surface area contributed by atoms with Crippen LogP contribution in [0.15, 0.2) is 42.5 Å². The van der Waals surface area contributed by atoms with Crippen LogP contribution < -0.4 is 10.1 Å². The Hall–Kier alpha value is -2.90. The van der Waals surface area contributed by atoms with Crippen LogP contribution in [0.1, 0.15) is 0 Å². The third-order valence-electron chi connectivity index (χ3n) is 3.04. The molecule has 1 heterocycles. The van der Waals surface area contributed by atoms with Gasteiger partial charge in [0.1, 0.15) is 0 Å². The first kappa shape index (κ1) is 15.5. The Bertz CT molecular complexity index is 688. The van der Waals surface area contributed by atoms with Gasteiger partial charge in [-0.15, -0.1) is 0 Å². The molecule has 4 amide bonds. The highest BCUT2D eigenvalue weighted by atomic mass is 19.1. The molecule has 0 aromatic heterocycles. The molecule has 2 rings (SSSR count). The fraction of sp³-hybridized carbons (Fsp3) is 0.143. The number of hydrogen-bond donors (Lipinski definition) is 1. The normalized spacial score (nSPS) is 14.8. The summed E-state index contributed by atoms with van der Waals surface area (Å²) in [5, 5.41) is 2.29. The number of benzene rings is 1. The minimum absolute atomic E-state index is 0.00835. The first-order valence-electron chi connectivity index (χ1n) is 6.13. The summed E-state index contributed by atoms with van der Waals surface area (Å²) in [6, 6.07) is 2.01. The van der Waals surface area contributed by atoms with Gasteiger partial charge in [-0.2, -0.15) is 0 Å². The van der Waals surface area contributed by atoms with E-state index < -0.39 is 23.7 Å². The van der Waals surface area contributed by atoms with E-state index in [0.29, 0.717) is 4.90 Å². The molecule has 0 spiro atoms. The van der Waals surface area contributed by atoms with Crippen molar-refractivity contribution >= 4 is 17.7 Å². The van der Waals surface area contributed by atoms with E-state index in [-0.39, 0.29) is 17.1 Å². The third kappa shape index (κ3) is 2.76. The zero-order valence-electron chi connectivity index (χ0n) is 11.9.